The van der Waals surface area contributed by atoms with Crippen LogP contribution in [0.5, 0.6) is 0 Å². The van der Waals surface area contributed by atoms with Crippen LogP contribution in [0.3, 0.4) is 0 Å². The van der Waals surface area contributed by atoms with E-state index in [4.69, 9.17) is 0 Å². The number of alkyl halides is 2. The highest BCUT2D eigenvalue weighted by atomic mass is 35.5. The molecular formula is C10H18ClF2N. The van der Waals surface area contributed by atoms with Crippen molar-refractivity contribution >= 4 is 12.4 Å². The van der Waals surface area contributed by atoms with Gasteiger partial charge in [0.25, 0.3) is 5.92 Å². The highest BCUT2D eigenvalue weighted by molar-refractivity contribution is 5.85. The van der Waals surface area contributed by atoms with Gasteiger partial charge < -0.3 is 5.32 Å². The van der Waals surface area contributed by atoms with Gasteiger partial charge in [0.2, 0.25) is 0 Å². The standard InChI is InChI=1S/C10H17F2N.ClH/c1-6(2)8-9(10(8,11)12)7-3-4-13-5-7;/h6-9,13H,3-5H2,1-2H3;1H. The van der Waals surface area contributed by atoms with Crippen LogP contribution in [-0.4, -0.2) is 19.0 Å². The molecule has 84 valence electrons. The van der Waals surface area contributed by atoms with Gasteiger partial charge in [-0.15, -0.1) is 12.4 Å². The summed E-state index contributed by atoms with van der Waals surface area (Å²) in [6.07, 6.45) is 0.934. The quantitative estimate of drug-likeness (QED) is 0.762. The molecule has 1 saturated carbocycles. The third kappa shape index (κ3) is 1.76. The summed E-state index contributed by atoms with van der Waals surface area (Å²) in [5, 5.41) is 3.16. The molecule has 0 bridgehead atoms. The molecule has 4 heteroatoms. The van der Waals surface area contributed by atoms with Crippen LogP contribution in [0, 0.1) is 23.7 Å². The van der Waals surface area contributed by atoms with Gasteiger partial charge >= 0.3 is 0 Å². The first kappa shape index (κ1) is 12.2. The van der Waals surface area contributed by atoms with Crippen molar-refractivity contribution in [2.24, 2.45) is 23.7 Å². The van der Waals surface area contributed by atoms with Crippen LogP contribution in [0.4, 0.5) is 8.78 Å². The highest BCUT2D eigenvalue weighted by Crippen LogP contribution is 2.62. The van der Waals surface area contributed by atoms with Crippen LogP contribution in [-0.2, 0) is 0 Å². The summed E-state index contributed by atoms with van der Waals surface area (Å²) >= 11 is 0. The molecular weight excluding hydrogens is 208 g/mol. The molecule has 0 aromatic rings. The molecule has 2 aliphatic rings. The first-order chi connectivity index (χ1) is 6.05. The summed E-state index contributed by atoms with van der Waals surface area (Å²) in [6, 6.07) is 0. The fourth-order valence-electron chi connectivity index (χ4n) is 2.83. The SMILES string of the molecule is CC(C)C1C(C2CCNC2)C1(F)F.Cl. The average molecular weight is 226 g/mol. The van der Waals surface area contributed by atoms with Crippen molar-refractivity contribution in [3.63, 3.8) is 0 Å². The number of nitrogens with one attached hydrogen (secondary N) is 1. The zero-order chi connectivity index (χ0) is 9.64. The minimum atomic E-state index is -2.37. The van der Waals surface area contributed by atoms with E-state index in [1.807, 2.05) is 13.8 Å². The Kier molecular flexibility index (Phi) is 3.42. The van der Waals surface area contributed by atoms with Gasteiger partial charge in [0.05, 0.1) is 0 Å². The number of rotatable bonds is 2. The maximum Gasteiger partial charge on any atom is 0.255 e. The van der Waals surface area contributed by atoms with Crippen molar-refractivity contribution in [2.45, 2.75) is 26.2 Å². The predicted molar refractivity (Wildman–Crippen MR) is 55.0 cm³/mol. The Balaban J connectivity index is 0.000000980. The van der Waals surface area contributed by atoms with Crippen molar-refractivity contribution in [3.8, 4) is 0 Å². The van der Waals surface area contributed by atoms with Crippen molar-refractivity contribution < 1.29 is 8.78 Å². The molecule has 1 aliphatic carbocycles. The molecule has 1 saturated heterocycles. The maximum absolute atomic E-state index is 13.3. The molecule has 3 atom stereocenters. The second-order valence-electron chi connectivity index (χ2n) is 4.72. The van der Waals surface area contributed by atoms with Gasteiger partial charge in [-0.2, -0.15) is 0 Å². The summed E-state index contributed by atoms with van der Waals surface area (Å²) in [6.45, 7) is 5.52. The fraction of sp³-hybridized carbons (Fsp3) is 1.00. The smallest absolute Gasteiger partial charge is 0.255 e. The van der Waals surface area contributed by atoms with E-state index in [2.05, 4.69) is 5.32 Å². The van der Waals surface area contributed by atoms with E-state index in [9.17, 15) is 8.78 Å². The fourth-order valence-corrected chi connectivity index (χ4v) is 2.83. The summed E-state index contributed by atoms with van der Waals surface area (Å²) in [7, 11) is 0. The zero-order valence-electron chi connectivity index (χ0n) is 8.59. The summed E-state index contributed by atoms with van der Waals surface area (Å²) in [5.41, 5.74) is 0. The number of hydrogen-bond donors (Lipinski definition) is 1. The molecule has 14 heavy (non-hydrogen) atoms. The van der Waals surface area contributed by atoms with Gasteiger partial charge in [0.15, 0.2) is 0 Å². The first-order valence-corrected chi connectivity index (χ1v) is 5.13. The Hall–Kier alpha value is 0.110. The van der Waals surface area contributed by atoms with E-state index in [1.54, 1.807) is 0 Å². The third-order valence-electron chi connectivity index (χ3n) is 3.49. The molecule has 1 nitrogen and oxygen atoms in total. The second-order valence-corrected chi connectivity index (χ2v) is 4.72. The summed E-state index contributed by atoms with van der Waals surface area (Å²) < 4.78 is 26.7. The van der Waals surface area contributed by atoms with Gasteiger partial charge in [-0.3, -0.25) is 0 Å². The van der Waals surface area contributed by atoms with Gasteiger partial charge in [-0.1, -0.05) is 13.8 Å². The molecule has 0 aromatic heterocycles. The lowest BCUT2D eigenvalue weighted by molar-refractivity contribution is 0.0694. The molecule has 0 radical (unpaired) electrons. The van der Waals surface area contributed by atoms with E-state index in [0.29, 0.717) is 0 Å². The van der Waals surface area contributed by atoms with Crippen molar-refractivity contribution in [3.05, 3.63) is 0 Å². The second kappa shape index (κ2) is 3.93. The normalized spacial score (nSPS) is 39.6. The Labute approximate surface area is 90.0 Å². The molecule has 0 spiro atoms. The highest BCUT2D eigenvalue weighted by Gasteiger charge is 2.70. The van der Waals surface area contributed by atoms with Crippen LogP contribution < -0.4 is 5.32 Å². The van der Waals surface area contributed by atoms with Crippen LogP contribution in [0.1, 0.15) is 20.3 Å². The monoisotopic (exact) mass is 225 g/mol. The van der Waals surface area contributed by atoms with Crippen LogP contribution in [0.15, 0.2) is 0 Å². The van der Waals surface area contributed by atoms with E-state index in [1.165, 1.54) is 0 Å². The molecule has 2 rings (SSSR count). The molecule has 3 unspecified atom stereocenters. The van der Waals surface area contributed by atoms with Gasteiger partial charge in [0, 0.05) is 11.8 Å². The van der Waals surface area contributed by atoms with Gasteiger partial charge in [0.1, 0.15) is 0 Å². The Morgan fingerprint density at radius 1 is 1.36 bits per heavy atom. The topological polar surface area (TPSA) is 12.0 Å². The lowest BCUT2D eigenvalue weighted by Crippen LogP contribution is -2.13. The van der Waals surface area contributed by atoms with Crippen molar-refractivity contribution in [2.75, 3.05) is 13.1 Å². The number of hydrogen-bond acceptors (Lipinski definition) is 1. The molecule has 1 N–H and O–H groups in total. The summed E-state index contributed by atoms with van der Waals surface area (Å²) in [4.78, 5) is 0. The minimum absolute atomic E-state index is 0. The summed E-state index contributed by atoms with van der Waals surface area (Å²) in [5.74, 6) is -2.70. The van der Waals surface area contributed by atoms with E-state index in [0.717, 1.165) is 19.5 Å². The lowest BCUT2D eigenvalue weighted by atomic mass is 9.97. The molecule has 2 fully saturated rings. The largest absolute Gasteiger partial charge is 0.316 e. The molecule has 1 aliphatic heterocycles. The molecule has 1 heterocycles. The Morgan fingerprint density at radius 3 is 2.36 bits per heavy atom. The van der Waals surface area contributed by atoms with Gasteiger partial charge in [-0.25, -0.2) is 8.78 Å². The van der Waals surface area contributed by atoms with Crippen molar-refractivity contribution in [1.29, 1.82) is 0 Å². The molecule has 0 amide bonds. The van der Waals surface area contributed by atoms with Crippen molar-refractivity contribution in [1.82, 2.24) is 5.32 Å². The average Bonchev–Trinajstić information content (AvgIpc) is 2.50. The molecule has 0 aromatic carbocycles. The maximum atomic E-state index is 13.3. The lowest BCUT2D eigenvalue weighted by Gasteiger charge is -2.06. The number of halogens is 3. The Bertz CT molecular complexity index is 202. The van der Waals surface area contributed by atoms with Crippen LogP contribution >= 0.6 is 12.4 Å². The van der Waals surface area contributed by atoms with Crippen LogP contribution in [0.25, 0.3) is 0 Å². The van der Waals surface area contributed by atoms with E-state index in [-0.39, 0.29) is 36.1 Å². The minimum Gasteiger partial charge on any atom is -0.316 e. The predicted octanol–water partition coefficient (Wildman–Crippen LogP) is 2.56. The zero-order valence-corrected chi connectivity index (χ0v) is 9.41. The Morgan fingerprint density at radius 2 is 2.00 bits per heavy atom. The van der Waals surface area contributed by atoms with Crippen LogP contribution in [0.2, 0.25) is 0 Å². The van der Waals surface area contributed by atoms with Gasteiger partial charge in [-0.05, 0) is 31.3 Å². The third-order valence-corrected chi connectivity index (χ3v) is 3.49. The van der Waals surface area contributed by atoms with E-state index < -0.39 is 5.92 Å². The van der Waals surface area contributed by atoms with E-state index >= 15 is 0 Å². The first-order valence-electron chi connectivity index (χ1n) is 5.13.